The standard InChI is InChI=1S/C14H18N2O2/c1-3-17-14(18-4-2)16-10-11(9-15)12-7-5-6-8-13(12)16/h5-10,14-15H,3-4H2,1-2H3. The summed E-state index contributed by atoms with van der Waals surface area (Å²) < 4.78 is 13.1. The van der Waals surface area contributed by atoms with E-state index in [2.05, 4.69) is 0 Å². The van der Waals surface area contributed by atoms with Crippen LogP contribution in [0.3, 0.4) is 0 Å². The Morgan fingerprint density at radius 2 is 1.89 bits per heavy atom. The summed E-state index contributed by atoms with van der Waals surface area (Å²) in [4.78, 5) is 0. The first-order valence-corrected chi connectivity index (χ1v) is 6.15. The molecule has 1 heterocycles. The Morgan fingerprint density at radius 3 is 2.50 bits per heavy atom. The van der Waals surface area contributed by atoms with E-state index in [9.17, 15) is 0 Å². The number of nitrogens with one attached hydrogen (secondary N) is 1. The van der Waals surface area contributed by atoms with E-state index in [4.69, 9.17) is 14.9 Å². The molecule has 4 heteroatoms. The summed E-state index contributed by atoms with van der Waals surface area (Å²) in [6.07, 6.45) is 2.82. The third-order valence-electron chi connectivity index (χ3n) is 2.77. The lowest BCUT2D eigenvalue weighted by Gasteiger charge is -2.19. The second-order valence-corrected chi connectivity index (χ2v) is 3.87. The van der Waals surface area contributed by atoms with Crippen LogP contribution in [0.2, 0.25) is 0 Å². The lowest BCUT2D eigenvalue weighted by Crippen LogP contribution is -2.15. The molecule has 4 nitrogen and oxygen atoms in total. The third-order valence-corrected chi connectivity index (χ3v) is 2.77. The smallest absolute Gasteiger partial charge is 0.244 e. The van der Waals surface area contributed by atoms with E-state index in [1.54, 1.807) is 0 Å². The van der Waals surface area contributed by atoms with Crippen LogP contribution in [0.15, 0.2) is 30.5 Å². The van der Waals surface area contributed by atoms with Gasteiger partial charge in [-0.2, -0.15) is 0 Å². The maximum absolute atomic E-state index is 7.46. The number of rotatable bonds is 6. The highest BCUT2D eigenvalue weighted by Crippen LogP contribution is 2.24. The van der Waals surface area contributed by atoms with Crippen molar-refractivity contribution in [2.45, 2.75) is 20.3 Å². The molecule has 0 radical (unpaired) electrons. The summed E-state index contributed by atoms with van der Waals surface area (Å²) in [5.41, 5.74) is 1.89. The summed E-state index contributed by atoms with van der Waals surface area (Å²) in [5.74, 6) is 0. The van der Waals surface area contributed by atoms with Gasteiger partial charge in [0.25, 0.3) is 0 Å². The van der Waals surface area contributed by atoms with Crippen LogP contribution in [-0.2, 0) is 9.47 Å². The van der Waals surface area contributed by atoms with Crippen molar-refractivity contribution in [2.24, 2.45) is 0 Å². The van der Waals surface area contributed by atoms with Gasteiger partial charge in [0.15, 0.2) is 0 Å². The number of nitrogens with zero attached hydrogens (tertiary/aromatic N) is 1. The quantitative estimate of drug-likeness (QED) is 0.628. The van der Waals surface area contributed by atoms with Gasteiger partial charge in [-0.25, -0.2) is 0 Å². The molecule has 0 aliphatic rings. The Morgan fingerprint density at radius 1 is 1.22 bits per heavy atom. The van der Waals surface area contributed by atoms with Gasteiger partial charge in [0, 0.05) is 36.6 Å². The molecule has 0 aliphatic carbocycles. The molecule has 1 aromatic carbocycles. The van der Waals surface area contributed by atoms with E-state index in [0.717, 1.165) is 16.5 Å². The van der Waals surface area contributed by atoms with Crippen LogP contribution in [0, 0.1) is 5.41 Å². The first-order valence-electron chi connectivity index (χ1n) is 6.15. The molecule has 18 heavy (non-hydrogen) atoms. The molecule has 96 valence electrons. The fourth-order valence-electron chi connectivity index (χ4n) is 2.02. The molecule has 0 fully saturated rings. The Balaban J connectivity index is 2.51. The maximum Gasteiger partial charge on any atom is 0.244 e. The molecule has 0 saturated carbocycles. The molecule has 0 bridgehead atoms. The number of ether oxygens (including phenoxy) is 2. The van der Waals surface area contributed by atoms with Crippen molar-refractivity contribution < 1.29 is 9.47 Å². The zero-order valence-electron chi connectivity index (χ0n) is 10.7. The Hall–Kier alpha value is -1.65. The lowest BCUT2D eigenvalue weighted by atomic mass is 10.2. The first kappa shape index (κ1) is 12.8. The SMILES string of the molecule is CCOC(OCC)n1cc(C=N)c2ccccc21. The second kappa shape index (κ2) is 5.80. The van der Waals surface area contributed by atoms with Crippen LogP contribution in [-0.4, -0.2) is 24.0 Å². The molecule has 2 aromatic rings. The van der Waals surface area contributed by atoms with Crippen molar-refractivity contribution in [3.05, 3.63) is 36.0 Å². The summed E-state index contributed by atoms with van der Waals surface area (Å²) >= 11 is 0. The van der Waals surface area contributed by atoms with Crippen LogP contribution in [0.4, 0.5) is 0 Å². The van der Waals surface area contributed by atoms with Crippen LogP contribution >= 0.6 is 0 Å². The largest absolute Gasteiger partial charge is 0.335 e. The summed E-state index contributed by atoms with van der Waals surface area (Å²) in [6, 6.07) is 7.95. The van der Waals surface area contributed by atoms with Crippen molar-refractivity contribution in [3.8, 4) is 0 Å². The molecule has 1 aromatic heterocycles. The highest BCUT2D eigenvalue weighted by molar-refractivity contribution is 5.98. The van der Waals surface area contributed by atoms with Gasteiger partial charge in [0.05, 0.1) is 5.52 Å². The minimum Gasteiger partial charge on any atom is -0.335 e. The van der Waals surface area contributed by atoms with E-state index in [-0.39, 0.29) is 0 Å². The van der Waals surface area contributed by atoms with Gasteiger partial charge in [0.2, 0.25) is 6.41 Å². The molecule has 0 spiro atoms. The molecular formula is C14H18N2O2. The fraction of sp³-hybridized carbons (Fsp3) is 0.357. The van der Waals surface area contributed by atoms with Crippen molar-refractivity contribution in [3.63, 3.8) is 0 Å². The Kier molecular flexibility index (Phi) is 4.12. The average Bonchev–Trinajstić information content (AvgIpc) is 2.77. The average molecular weight is 246 g/mol. The van der Waals surface area contributed by atoms with Gasteiger partial charge in [-0.1, -0.05) is 18.2 Å². The van der Waals surface area contributed by atoms with Crippen LogP contribution in [0.1, 0.15) is 25.8 Å². The van der Waals surface area contributed by atoms with Crippen molar-refractivity contribution in [1.82, 2.24) is 4.57 Å². The van der Waals surface area contributed by atoms with Gasteiger partial charge >= 0.3 is 0 Å². The van der Waals surface area contributed by atoms with Gasteiger partial charge in [-0.15, -0.1) is 0 Å². The monoisotopic (exact) mass is 246 g/mol. The zero-order valence-corrected chi connectivity index (χ0v) is 10.7. The second-order valence-electron chi connectivity index (χ2n) is 3.87. The zero-order chi connectivity index (χ0) is 13.0. The van der Waals surface area contributed by atoms with Crippen molar-refractivity contribution in [2.75, 3.05) is 13.2 Å². The molecule has 0 aliphatic heterocycles. The van der Waals surface area contributed by atoms with E-state index < -0.39 is 6.41 Å². The normalized spacial score (nSPS) is 11.3. The van der Waals surface area contributed by atoms with Gasteiger partial charge in [-0.05, 0) is 19.9 Å². The van der Waals surface area contributed by atoms with Crippen LogP contribution in [0.25, 0.3) is 10.9 Å². The molecule has 0 atom stereocenters. The number of fused-ring (bicyclic) bond motifs is 1. The van der Waals surface area contributed by atoms with E-state index in [0.29, 0.717) is 13.2 Å². The number of hydrogen-bond donors (Lipinski definition) is 1. The van der Waals surface area contributed by atoms with Crippen molar-refractivity contribution in [1.29, 1.82) is 5.41 Å². The predicted molar refractivity (Wildman–Crippen MR) is 72.1 cm³/mol. The number of aromatic nitrogens is 1. The number of para-hydroxylation sites is 1. The van der Waals surface area contributed by atoms with Crippen LogP contribution in [0.5, 0.6) is 0 Å². The molecule has 0 saturated heterocycles. The third kappa shape index (κ3) is 2.30. The summed E-state index contributed by atoms with van der Waals surface area (Å²) in [6.45, 7) is 5.04. The van der Waals surface area contributed by atoms with E-state index in [1.165, 1.54) is 6.21 Å². The lowest BCUT2D eigenvalue weighted by molar-refractivity contribution is -0.183. The van der Waals surface area contributed by atoms with Crippen molar-refractivity contribution >= 4 is 17.1 Å². The number of benzene rings is 1. The minimum absolute atomic E-state index is 0.432. The Labute approximate surface area is 107 Å². The maximum atomic E-state index is 7.46. The molecule has 0 unspecified atom stereocenters. The van der Waals surface area contributed by atoms with E-state index >= 15 is 0 Å². The molecular weight excluding hydrogens is 228 g/mol. The summed E-state index contributed by atoms with van der Waals surface area (Å²) in [5, 5.41) is 8.50. The van der Waals surface area contributed by atoms with Crippen LogP contribution < -0.4 is 0 Å². The topological polar surface area (TPSA) is 47.2 Å². The van der Waals surface area contributed by atoms with Gasteiger partial charge in [-0.3, -0.25) is 4.57 Å². The summed E-state index contributed by atoms with van der Waals surface area (Å²) in [7, 11) is 0. The highest BCUT2D eigenvalue weighted by atomic mass is 16.7. The molecule has 2 rings (SSSR count). The highest BCUT2D eigenvalue weighted by Gasteiger charge is 2.15. The first-order chi connectivity index (χ1) is 8.81. The van der Waals surface area contributed by atoms with Gasteiger partial charge in [0.1, 0.15) is 0 Å². The fourth-order valence-corrected chi connectivity index (χ4v) is 2.02. The van der Waals surface area contributed by atoms with Gasteiger partial charge < -0.3 is 14.9 Å². The molecule has 1 N–H and O–H groups in total. The Bertz CT molecular complexity index is 528. The predicted octanol–water partition coefficient (Wildman–Crippen LogP) is 3.17. The number of hydrogen-bond acceptors (Lipinski definition) is 3. The van der Waals surface area contributed by atoms with E-state index in [1.807, 2.05) is 48.9 Å². The minimum atomic E-state index is -0.432. The molecule has 0 amide bonds.